The average molecular weight is 1450 g/mol. The van der Waals surface area contributed by atoms with Crippen LogP contribution >= 0.6 is 0 Å². The van der Waals surface area contributed by atoms with E-state index in [0.717, 1.165) is 156 Å². The van der Waals surface area contributed by atoms with Gasteiger partial charge in [0, 0.05) is 99.1 Å². The lowest BCUT2D eigenvalue weighted by Gasteiger charge is -2.33. The lowest BCUT2D eigenvalue weighted by molar-refractivity contribution is 0.572. The van der Waals surface area contributed by atoms with Crippen molar-refractivity contribution in [3.05, 3.63) is 349 Å². The maximum absolute atomic E-state index is 7.42. The van der Waals surface area contributed by atoms with Gasteiger partial charge in [0.2, 0.25) is 0 Å². The fourth-order valence-electron chi connectivity index (χ4n) is 18.0. The molecular weight excluding hydrogens is 1360 g/mol. The van der Waals surface area contributed by atoms with Gasteiger partial charge in [0.1, 0.15) is 11.2 Å². The molecule has 0 aliphatic rings. The Bertz CT molecular complexity index is 6790. The summed E-state index contributed by atoms with van der Waals surface area (Å²) in [6.45, 7) is 25.0. The van der Waals surface area contributed by atoms with Crippen molar-refractivity contribution in [3.63, 3.8) is 0 Å². The van der Waals surface area contributed by atoms with E-state index in [4.69, 9.17) is 8.83 Å². The largest absolute Gasteiger partial charge is 0.454 e. The Labute approximate surface area is 653 Å². The quantitative estimate of drug-likeness (QED) is 0.107. The van der Waals surface area contributed by atoms with Crippen LogP contribution in [0.2, 0.25) is 0 Å². The van der Waals surface area contributed by atoms with E-state index in [0.29, 0.717) is 0 Å². The number of furan rings is 2. The Morgan fingerprint density at radius 3 is 0.902 bits per heavy atom. The maximum atomic E-state index is 7.42. The van der Waals surface area contributed by atoms with Crippen LogP contribution in [0.25, 0.3) is 120 Å². The molecule has 20 rings (SSSR count). The van der Waals surface area contributed by atoms with E-state index in [9.17, 15) is 0 Å². The molecule has 0 spiro atoms. The van der Waals surface area contributed by atoms with Crippen molar-refractivity contribution in [1.82, 2.24) is 0 Å². The van der Waals surface area contributed by atoms with Crippen molar-refractivity contribution in [2.24, 2.45) is 0 Å². The first-order valence-corrected chi connectivity index (χ1v) is 39.3. The van der Waals surface area contributed by atoms with Crippen molar-refractivity contribution in [2.45, 2.75) is 92.4 Å². The van der Waals surface area contributed by atoms with Gasteiger partial charge in [-0.3, -0.25) is 0 Å². The molecule has 0 saturated heterocycles. The standard InChI is InChI=1S/C106H86N4O2/c1-65-29-21-23-43-88(65)109(90-45-27-39-80-78-37-25-41-86(105(6,7)8)100(78)111-102(80)90)94-64-95(110(89-44-24-22-30-66(89)2)91-46-28-40-81-79-38-26-42-87(106(9,10)11)101(79)112-103(81)91)85-56-50-69-60-72(59-68-49-55-84(94)99(85)96(68)69)67-47-53-77(54-48-67)108(76-35-19-14-20-36-76)93-63-92(107(74-31-15-12-16-32-74)75-33-17-13-18-34-75)82-57-51-70-61-73(104(3,4)5)62-71-52-58-83(93)98(82)97(70)71/h12-64H,1-11H3. The number of nitrogens with zero attached hydrogens (tertiary/aromatic N) is 4. The molecule has 6 heteroatoms. The number of aryl methyl sites for hydroxylation is 2. The van der Waals surface area contributed by atoms with Gasteiger partial charge in [-0.2, -0.15) is 0 Å². The third-order valence-electron chi connectivity index (χ3n) is 23.5. The molecule has 0 unspecified atom stereocenters. The number of anilines is 12. The van der Waals surface area contributed by atoms with Gasteiger partial charge in [0.15, 0.2) is 11.2 Å². The van der Waals surface area contributed by atoms with Crippen LogP contribution < -0.4 is 19.6 Å². The molecule has 2 aromatic heterocycles. The summed E-state index contributed by atoms with van der Waals surface area (Å²) in [6, 6.07) is 120. The minimum Gasteiger partial charge on any atom is -0.454 e. The van der Waals surface area contributed by atoms with E-state index >= 15 is 0 Å². The third-order valence-corrected chi connectivity index (χ3v) is 23.5. The van der Waals surface area contributed by atoms with Crippen molar-refractivity contribution >= 4 is 177 Å². The highest BCUT2D eigenvalue weighted by molar-refractivity contribution is 6.32. The Morgan fingerprint density at radius 1 is 0.214 bits per heavy atom. The number of hydrogen-bond donors (Lipinski definition) is 0. The van der Waals surface area contributed by atoms with Crippen molar-refractivity contribution in [3.8, 4) is 11.1 Å². The Balaban J connectivity index is 0.813. The molecule has 0 aliphatic carbocycles. The highest BCUT2D eigenvalue weighted by Crippen LogP contribution is 2.57. The van der Waals surface area contributed by atoms with E-state index < -0.39 is 0 Å². The van der Waals surface area contributed by atoms with Gasteiger partial charge in [0.25, 0.3) is 0 Å². The summed E-state index contributed by atoms with van der Waals surface area (Å²) in [7, 11) is 0. The number of benzene rings is 18. The smallest absolute Gasteiger partial charge is 0.159 e. The van der Waals surface area contributed by atoms with Crippen LogP contribution in [0.3, 0.4) is 0 Å². The molecule has 20 aromatic rings. The van der Waals surface area contributed by atoms with Crippen LogP contribution in [0.4, 0.5) is 68.2 Å². The lowest BCUT2D eigenvalue weighted by Crippen LogP contribution is -2.16. The van der Waals surface area contributed by atoms with Crippen LogP contribution in [0.1, 0.15) is 90.1 Å². The molecule has 18 aromatic carbocycles. The summed E-state index contributed by atoms with van der Waals surface area (Å²) in [5, 5.41) is 18.6. The number of hydrogen-bond acceptors (Lipinski definition) is 6. The summed E-state index contributed by atoms with van der Waals surface area (Å²) >= 11 is 0. The van der Waals surface area contributed by atoms with Gasteiger partial charge in [-0.05, 0) is 187 Å². The fraction of sp³-hybridized carbons (Fsp3) is 0.132. The molecule has 0 radical (unpaired) electrons. The van der Waals surface area contributed by atoms with Crippen LogP contribution in [-0.2, 0) is 16.2 Å². The first kappa shape index (κ1) is 68.1. The first-order chi connectivity index (χ1) is 54.3. The number of rotatable bonds is 13. The number of para-hydroxylation sites is 9. The molecule has 112 heavy (non-hydrogen) atoms. The molecule has 0 aliphatic heterocycles. The summed E-state index contributed by atoms with van der Waals surface area (Å²) < 4.78 is 14.8. The molecule has 542 valence electrons. The molecule has 0 N–H and O–H groups in total. The zero-order valence-corrected chi connectivity index (χ0v) is 65.2. The summed E-state index contributed by atoms with van der Waals surface area (Å²) in [6.07, 6.45) is 0. The molecule has 0 atom stereocenters. The zero-order valence-electron chi connectivity index (χ0n) is 65.2. The van der Waals surface area contributed by atoms with Crippen LogP contribution in [0, 0.1) is 13.8 Å². The van der Waals surface area contributed by atoms with Gasteiger partial charge in [0.05, 0.1) is 34.1 Å². The topological polar surface area (TPSA) is 39.2 Å². The van der Waals surface area contributed by atoms with E-state index in [2.05, 4.69) is 417 Å². The summed E-state index contributed by atoms with van der Waals surface area (Å²) in [4.78, 5) is 9.88. The van der Waals surface area contributed by atoms with E-state index in [1.165, 1.54) is 59.8 Å². The molecular formula is C106H86N4O2. The second kappa shape index (κ2) is 25.7. The van der Waals surface area contributed by atoms with E-state index in [1.54, 1.807) is 0 Å². The highest BCUT2D eigenvalue weighted by atomic mass is 16.3. The first-order valence-electron chi connectivity index (χ1n) is 39.3. The predicted molar refractivity (Wildman–Crippen MR) is 478 cm³/mol. The zero-order chi connectivity index (χ0) is 76.2. The van der Waals surface area contributed by atoms with Gasteiger partial charge < -0.3 is 28.4 Å². The molecule has 0 bridgehead atoms. The van der Waals surface area contributed by atoms with Crippen LogP contribution in [-0.4, -0.2) is 0 Å². The normalized spacial score (nSPS) is 12.4. The SMILES string of the molecule is Cc1ccccc1N(c1cc(N(c2ccccc2C)c2cccc3c2oc2c(C(C)(C)C)cccc23)c2ccc3cc(-c4ccc(N(c5ccccc5)c5cc(N(c6ccccc6)c6ccccc6)c6ccc7cc(C(C)(C)C)cc8ccc5c6c78)cc4)cc4ccc1c2c43)c1cccc2c1oc1c(C(C)(C)C)cccc12. The van der Waals surface area contributed by atoms with E-state index in [1.807, 2.05) is 0 Å². The third kappa shape index (κ3) is 11.0. The maximum Gasteiger partial charge on any atom is 0.159 e. The second-order valence-electron chi connectivity index (χ2n) is 33.7. The minimum atomic E-state index is -0.168. The highest BCUT2D eigenvalue weighted by Gasteiger charge is 2.33. The van der Waals surface area contributed by atoms with Crippen LogP contribution in [0.5, 0.6) is 0 Å². The summed E-state index contributed by atoms with van der Waals surface area (Å²) in [5.41, 5.74) is 23.8. The molecule has 6 nitrogen and oxygen atoms in total. The Hall–Kier alpha value is -13.2. The van der Waals surface area contributed by atoms with Crippen LogP contribution in [0.15, 0.2) is 330 Å². The van der Waals surface area contributed by atoms with Gasteiger partial charge in [-0.1, -0.05) is 287 Å². The molecule has 2 heterocycles. The van der Waals surface area contributed by atoms with Crippen molar-refractivity contribution in [2.75, 3.05) is 19.6 Å². The Morgan fingerprint density at radius 2 is 0.536 bits per heavy atom. The van der Waals surface area contributed by atoms with Gasteiger partial charge in [-0.15, -0.1) is 0 Å². The summed E-state index contributed by atoms with van der Waals surface area (Å²) in [5.74, 6) is 0. The van der Waals surface area contributed by atoms with Crippen molar-refractivity contribution < 1.29 is 8.83 Å². The molecule has 0 saturated carbocycles. The van der Waals surface area contributed by atoms with Gasteiger partial charge in [-0.25, -0.2) is 0 Å². The molecule has 0 amide bonds. The monoisotopic (exact) mass is 1450 g/mol. The van der Waals surface area contributed by atoms with Crippen molar-refractivity contribution in [1.29, 1.82) is 0 Å². The minimum absolute atomic E-state index is 0.0336. The van der Waals surface area contributed by atoms with Gasteiger partial charge >= 0.3 is 0 Å². The predicted octanol–water partition coefficient (Wildman–Crippen LogP) is 31.3. The fourth-order valence-corrected chi connectivity index (χ4v) is 18.0. The Kier molecular flexibility index (Phi) is 15.7. The second-order valence-corrected chi connectivity index (χ2v) is 33.7. The lowest BCUT2D eigenvalue weighted by atomic mass is 9.83. The van der Waals surface area contributed by atoms with E-state index in [-0.39, 0.29) is 16.2 Å². The average Bonchev–Trinajstić information content (AvgIpc) is 0.740. The number of fused-ring (bicyclic) bond motifs is 6. The molecule has 0 fully saturated rings.